The minimum atomic E-state index is 0.559. The van der Waals surface area contributed by atoms with E-state index in [2.05, 4.69) is 143 Å². The largest absolute Gasteiger partial charge is 0.437 e. The molecule has 0 radical (unpaired) electrons. The van der Waals surface area contributed by atoms with E-state index in [-0.39, 0.29) is 0 Å². The van der Waals surface area contributed by atoms with Gasteiger partial charge in [0, 0.05) is 37.7 Å². The number of benzene rings is 7. The molecule has 0 spiro atoms. The Kier molecular flexibility index (Phi) is 4.78. The van der Waals surface area contributed by atoms with Crippen LogP contribution < -0.4 is 0 Å². The lowest BCUT2D eigenvalue weighted by Crippen LogP contribution is -2.07. The van der Waals surface area contributed by atoms with E-state index < -0.39 is 0 Å². The Labute approximate surface area is 267 Å². The molecule has 7 aromatic carbocycles. The SMILES string of the molecule is c1ccc2c(c1)ccc1c3ccccc3n(-c3nc(-n4c5ccccc5c5ccc6ccccc6c54)c4c(n3)oc3ccccc34)c21. The minimum absolute atomic E-state index is 0.559. The maximum Gasteiger partial charge on any atom is 0.240 e. The van der Waals surface area contributed by atoms with Crippen molar-refractivity contribution in [3.8, 4) is 11.8 Å². The lowest BCUT2D eigenvalue weighted by molar-refractivity contribution is 0.650. The second kappa shape index (κ2) is 9.05. The number of hydrogen-bond acceptors (Lipinski definition) is 3. The van der Waals surface area contributed by atoms with Gasteiger partial charge in [0.05, 0.1) is 27.5 Å². The molecule has 0 atom stereocenters. The lowest BCUT2D eigenvalue weighted by Gasteiger charge is -2.13. The van der Waals surface area contributed by atoms with Gasteiger partial charge >= 0.3 is 0 Å². The first kappa shape index (κ1) is 24.8. The number of nitrogens with zero attached hydrogens (tertiary/aromatic N) is 4. The van der Waals surface area contributed by atoms with E-state index in [0.717, 1.165) is 60.4 Å². The summed E-state index contributed by atoms with van der Waals surface area (Å²) in [6.07, 6.45) is 0. The second-order valence-electron chi connectivity index (χ2n) is 12.2. The minimum Gasteiger partial charge on any atom is -0.437 e. The maximum absolute atomic E-state index is 6.58. The summed E-state index contributed by atoms with van der Waals surface area (Å²) in [5, 5.41) is 11.2. The van der Waals surface area contributed by atoms with Crippen molar-refractivity contribution in [3.05, 3.63) is 146 Å². The van der Waals surface area contributed by atoms with Crippen molar-refractivity contribution < 1.29 is 4.42 Å². The molecule has 11 aromatic rings. The molecule has 0 fully saturated rings. The van der Waals surface area contributed by atoms with Crippen LogP contribution in [0.3, 0.4) is 0 Å². The zero-order valence-corrected chi connectivity index (χ0v) is 25.1. The quantitative estimate of drug-likeness (QED) is 0.198. The summed E-state index contributed by atoms with van der Waals surface area (Å²) >= 11 is 0. The molecule has 0 bridgehead atoms. The van der Waals surface area contributed by atoms with Crippen molar-refractivity contribution in [2.24, 2.45) is 0 Å². The Bertz CT molecular complexity index is 3090. The molecule has 47 heavy (non-hydrogen) atoms. The summed E-state index contributed by atoms with van der Waals surface area (Å²) in [5.74, 6) is 1.36. The standard InChI is InChI=1S/C42H24N4O/c1-3-13-27-25(11-1)21-23-31-29-15-5-8-18-34(29)45(38(27)31)40-37-33-17-7-10-20-36(33)47-41(37)44-42(43-40)46-35-19-9-6-16-30(35)32-24-22-26-12-2-4-14-28(26)39(32)46/h1-24H. The van der Waals surface area contributed by atoms with Crippen LogP contribution in [0.25, 0.3) is 99.0 Å². The molecule has 0 amide bonds. The van der Waals surface area contributed by atoms with Gasteiger partial charge < -0.3 is 4.42 Å². The Hall–Kier alpha value is -6.46. The van der Waals surface area contributed by atoms with Gasteiger partial charge in [-0.1, -0.05) is 127 Å². The molecule has 218 valence electrons. The molecule has 4 aromatic heterocycles. The molecule has 0 aliphatic heterocycles. The van der Waals surface area contributed by atoms with Crippen LogP contribution in [-0.2, 0) is 0 Å². The average Bonchev–Trinajstić information content (AvgIpc) is 3.79. The molecule has 0 aliphatic rings. The van der Waals surface area contributed by atoms with Crippen molar-refractivity contribution in [2.75, 3.05) is 0 Å². The van der Waals surface area contributed by atoms with Crippen molar-refractivity contribution >= 4 is 87.2 Å². The highest BCUT2D eigenvalue weighted by atomic mass is 16.3. The zero-order chi connectivity index (χ0) is 30.6. The molecule has 5 nitrogen and oxygen atoms in total. The summed E-state index contributed by atoms with van der Waals surface area (Å²) in [6, 6.07) is 51.3. The number of hydrogen-bond donors (Lipinski definition) is 0. The maximum atomic E-state index is 6.58. The van der Waals surface area contributed by atoms with Crippen LogP contribution in [0, 0.1) is 0 Å². The Morgan fingerprint density at radius 1 is 0.404 bits per heavy atom. The van der Waals surface area contributed by atoms with Crippen molar-refractivity contribution in [1.29, 1.82) is 0 Å². The van der Waals surface area contributed by atoms with E-state index in [1.165, 1.54) is 26.9 Å². The van der Waals surface area contributed by atoms with Gasteiger partial charge in [0.1, 0.15) is 5.58 Å². The molecule has 0 N–H and O–H groups in total. The molecule has 5 heteroatoms. The number of rotatable bonds is 2. The van der Waals surface area contributed by atoms with E-state index in [1.807, 2.05) is 12.1 Å². The topological polar surface area (TPSA) is 48.8 Å². The molecular formula is C42H24N4O. The zero-order valence-electron chi connectivity index (χ0n) is 25.1. The molecule has 0 saturated carbocycles. The first-order valence-corrected chi connectivity index (χ1v) is 15.9. The highest BCUT2D eigenvalue weighted by molar-refractivity contribution is 6.21. The van der Waals surface area contributed by atoms with Crippen LogP contribution in [0.1, 0.15) is 0 Å². The fraction of sp³-hybridized carbons (Fsp3) is 0. The number of aromatic nitrogens is 4. The van der Waals surface area contributed by atoms with Gasteiger partial charge in [-0.15, -0.1) is 0 Å². The number of fused-ring (bicyclic) bond motifs is 13. The van der Waals surface area contributed by atoms with Gasteiger partial charge in [0.15, 0.2) is 5.82 Å². The number of furan rings is 1. The summed E-state index contributed by atoms with van der Waals surface area (Å²) in [7, 11) is 0. The third-order valence-corrected chi connectivity index (χ3v) is 9.74. The molecule has 11 rings (SSSR count). The molecule has 0 unspecified atom stereocenters. The summed E-state index contributed by atoms with van der Waals surface area (Å²) < 4.78 is 11.1. The smallest absolute Gasteiger partial charge is 0.240 e. The van der Waals surface area contributed by atoms with E-state index in [4.69, 9.17) is 14.4 Å². The Morgan fingerprint density at radius 3 is 1.57 bits per heavy atom. The second-order valence-corrected chi connectivity index (χ2v) is 12.2. The fourth-order valence-corrected chi connectivity index (χ4v) is 7.74. The van der Waals surface area contributed by atoms with Crippen LogP contribution >= 0.6 is 0 Å². The van der Waals surface area contributed by atoms with Gasteiger partial charge in [0.2, 0.25) is 11.7 Å². The predicted molar refractivity (Wildman–Crippen MR) is 193 cm³/mol. The van der Waals surface area contributed by atoms with Crippen LogP contribution in [0.4, 0.5) is 0 Å². The Balaban J connectivity index is 1.38. The molecular weight excluding hydrogens is 576 g/mol. The number of para-hydroxylation sites is 3. The van der Waals surface area contributed by atoms with Gasteiger partial charge in [-0.2, -0.15) is 9.97 Å². The lowest BCUT2D eigenvalue weighted by atomic mass is 10.1. The molecule has 4 heterocycles. The predicted octanol–water partition coefficient (Wildman–Crippen LogP) is 10.9. The first-order valence-electron chi connectivity index (χ1n) is 15.9. The average molecular weight is 601 g/mol. The first-order chi connectivity index (χ1) is 23.3. The fourth-order valence-electron chi connectivity index (χ4n) is 7.74. The summed E-state index contributed by atoms with van der Waals surface area (Å²) in [5.41, 5.74) is 5.68. The van der Waals surface area contributed by atoms with Crippen LogP contribution in [0.15, 0.2) is 150 Å². The van der Waals surface area contributed by atoms with Crippen LogP contribution in [0.2, 0.25) is 0 Å². The van der Waals surface area contributed by atoms with Gasteiger partial charge in [-0.3, -0.25) is 9.13 Å². The Morgan fingerprint density at radius 2 is 0.915 bits per heavy atom. The third-order valence-electron chi connectivity index (χ3n) is 9.74. The summed E-state index contributed by atoms with van der Waals surface area (Å²) in [4.78, 5) is 10.8. The molecule has 0 saturated heterocycles. The van der Waals surface area contributed by atoms with Crippen molar-refractivity contribution in [3.63, 3.8) is 0 Å². The van der Waals surface area contributed by atoms with Crippen LogP contribution in [0.5, 0.6) is 0 Å². The van der Waals surface area contributed by atoms with E-state index >= 15 is 0 Å². The van der Waals surface area contributed by atoms with Crippen molar-refractivity contribution in [2.45, 2.75) is 0 Å². The van der Waals surface area contributed by atoms with Crippen molar-refractivity contribution in [1.82, 2.24) is 19.1 Å². The highest BCUT2D eigenvalue weighted by Gasteiger charge is 2.24. The van der Waals surface area contributed by atoms with E-state index in [0.29, 0.717) is 11.7 Å². The monoisotopic (exact) mass is 600 g/mol. The van der Waals surface area contributed by atoms with Gasteiger partial charge in [-0.25, -0.2) is 0 Å². The van der Waals surface area contributed by atoms with Gasteiger partial charge in [0.25, 0.3) is 0 Å². The summed E-state index contributed by atoms with van der Waals surface area (Å²) in [6.45, 7) is 0. The van der Waals surface area contributed by atoms with E-state index in [1.54, 1.807) is 0 Å². The van der Waals surface area contributed by atoms with Crippen LogP contribution in [-0.4, -0.2) is 19.1 Å². The van der Waals surface area contributed by atoms with Gasteiger partial charge in [-0.05, 0) is 29.0 Å². The molecule has 0 aliphatic carbocycles. The normalized spacial score (nSPS) is 12.3. The van der Waals surface area contributed by atoms with E-state index in [9.17, 15) is 0 Å². The third kappa shape index (κ3) is 3.27. The highest BCUT2D eigenvalue weighted by Crippen LogP contribution is 2.41.